The van der Waals surface area contributed by atoms with Crippen molar-refractivity contribution < 1.29 is 18.8 Å². The summed E-state index contributed by atoms with van der Waals surface area (Å²) in [5, 5.41) is 3.98. The summed E-state index contributed by atoms with van der Waals surface area (Å²) >= 11 is 5.30. The van der Waals surface area contributed by atoms with E-state index < -0.39 is 23.7 Å². The van der Waals surface area contributed by atoms with Crippen LogP contribution < -0.4 is 10.7 Å². The van der Waals surface area contributed by atoms with Gasteiger partial charge in [-0.1, -0.05) is 24.3 Å². The molecule has 150 valence electrons. The van der Waals surface area contributed by atoms with Gasteiger partial charge in [-0.25, -0.2) is 9.40 Å². The minimum atomic E-state index is -0.997. The zero-order chi connectivity index (χ0) is 21.0. The lowest BCUT2D eigenvalue weighted by atomic mass is 10.1. The summed E-state index contributed by atoms with van der Waals surface area (Å²) < 4.78 is 13.4. The fraction of sp³-hybridized carbons (Fsp3) is 0.200. The van der Waals surface area contributed by atoms with Gasteiger partial charge in [0.1, 0.15) is 11.9 Å². The topological polar surface area (TPSA) is 81.8 Å². The van der Waals surface area contributed by atoms with Crippen LogP contribution in [0.2, 0.25) is 0 Å². The Bertz CT molecular complexity index is 954. The lowest BCUT2D eigenvalue weighted by Crippen LogP contribution is -2.49. The third-order valence-corrected chi connectivity index (χ3v) is 4.78. The molecule has 2 N–H and O–H groups in total. The molecule has 0 radical (unpaired) electrons. The first-order chi connectivity index (χ1) is 13.9. The Kier molecular flexibility index (Phi) is 6.18. The number of carbonyl (C=O) groups excluding carboxylic acids is 3. The molecule has 0 aromatic heterocycles. The minimum absolute atomic E-state index is 0.0719. The first kappa shape index (κ1) is 20.4. The van der Waals surface area contributed by atoms with Crippen LogP contribution in [0.1, 0.15) is 23.7 Å². The van der Waals surface area contributed by atoms with Crippen LogP contribution in [0.25, 0.3) is 0 Å². The van der Waals surface area contributed by atoms with Crippen LogP contribution >= 0.6 is 12.2 Å². The van der Waals surface area contributed by atoms with Gasteiger partial charge in [-0.3, -0.25) is 24.7 Å². The molecule has 0 spiro atoms. The number of hydrogen-bond acceptors (Lipinski definition) is 4. The first-order valence-corrected chi connectivity index (χ1v) is 9.37. The Morgan fingerprint density at radius 1 is 1.14 bits per heavy atom. The minimum Gasteiger partial charge on any atom is -0.326 e. The molecule has 7 nitrogen and oxygen atoms in total. The highest BCUT2D eigenvalue weighted by molar-refractivity contribution is 7.80. The Balaban J connectivity index is 1.77. The van der Waals surface area contributed by atoms with Crippen LogP contribution in [0.5, 0.6) is 0 Å². The largest absolute Gasteiger partial charge is 0.326 e. The molecule has 29 heavy (non-hydrogen) atoms. The molecular formula is C20H19FN4O3S. The van der Waals surface area contributed by atoms with E-state index in [0.717, 1.165) is 6.07 Å². The fourth-order valence-electron chi connectivity index (χ4n) is 2.96. The molecule has 3 amide bonds. The van der Waals surface area contributed by atoms with Crippen LogP contribution in [0.4, 0.5) is 10.1 Å². The number of nitrogens with zero attached hydrogens (tertiary/aromatic N) is 2. The number of halogens is 1. The number of rotatable bonds is 6. The van der Waals surface area contributed by atoms with Crippen molar-refractivity contribution in [2.24, 2.45) is 0 Å². The maximum atomic E-state index is 13.4. The zero-order valence-corrected chi connectivity index (χ0v) is 16.4. The number of para-hydroxylation sites is 1. The second-order valence-corrected chi connectivity index (χ2v) is 6.69. The quantitative estimate of drug-likeness (QED) is 0.709. The van der Waals surface area contributed by atoms with Crippen LogP contribution in [-0.2, 0) is 9.59 Å². The van der Waals surface area contributed by atoms with Gasteiger partial charge in [-0.2, -0.15) is 0 Å². The van der Waals surface area contributed by atoms with Gasteiger partial charge in [0, 0.05) is 17.8 Å². The highest BCUT2D eigenvalue weighted by Gasteiger charge is 2.43. The van der Waals surface area contributed by atoms with Crippen molar-refractivity contribution in [3.8, 4) is 0 Å². The number of hydrogen-bond donors (Lipinski definition) is 2. The fourth-order valence-corrected chi connectivity index (χ4v) is 3.35. The summed E-state index contributed by atoms with van der Waals surface area (Å²) in [4.78, 5) is 39.0. The van der Waals surface area contributed by atoms with Gasteiger partial charge in [0.25, 0.3) is 11.8 Å². The number of hydrazine groups is 1. The van der Waals surface area contributed by atoms with E-state index in [0.29, 0.717) is 12.2 Å². The molecule has 3 rings (SSSR count). The van der Waals surface area contributed by atoms with E-state index in [1.165, 1.54) is 28.1 Å². The molecule has 1 aliphatic rings. The number of nitrogens with one attached hydrogen (secondary N) is 2. The van der Waals surface area contributed by atoms with Crippen molar-refractivity contribution in [2.75, 3.05) is 11.9 Å². The summed E-state index contributed by atoms with van der Waals surface area (Å²) in [6, 6.07) is 12.9. The Morgan fingerprint density at radius 2 is 1.86 bits per heavy atom. The Labute approximate surface area is 172 Å². The normalized spacial score (nSPS) is 16.1. The summed E-state index contributed by atoms with van der Waals surface area (Å²) in [5.74, 6) is -1.99. The summed E-state index contributed by atoms with van der Waals surface area (Å²) in [5.41, 5.74) is 3.19. The second kappa shape index (κ2) is 8.78. The van der Waals surface area contributed by atoms with E-state index in [-0.39, 0.29) is 23.0 Å². The molecule has 0 aliphatic carbocycles. The van der Waals surface area contributed by atoms with Crippen LogP contribution in [-0.4, -0.2) is 45.3 Å². The molecule has 0 saturated carbocycles. The maximum absolute atomic E-state index is 13.4. The van der Waals surface area contributed by atoms with E-state index in [1.54, 1.807) is 31.2 Å². The number of carbonyl (C=O) groups is 3. The Morgan fingerprint density at radius 3 is 2.52 bits per heavy atom. The number of anilines is 1. The maximum Gasteiger partial charge on any atom is 0.269 e. The van der Waals surface area contributed by atoms with E-state index in [4.69, 9.17) is 12.2 Å². The first-order valence-electron chi connectivity index (χ1n) is 8.96. The van der Waals surface area contributed by atoms with Crippen molar-refractivity contribution >= 4 is 40.7 Å². The summed E-state index contributed by atoms with van der Waals surface area (Å²) in [6.45, 7) is 2.03. The van der Waals surface area contributed by atoms with Crippen molar-refractivity contribution in [3.05, 3.63) is 66.0 Å². The van der Waals surface area contributed by atoms with E-state index in [9.17, 15) is 18.8 Å². The molecule has 1 atom stereocenters. The van der Waals surface area contributed by atoms with E-state index >= 15 is 0 Å². The smallest absolute Gasteiger partial charge is 0.269 e. The number of benzene rings is 2. The SMILES string of the molecule is CCN1C(=O)[C@@H](CC(=O)Nc2ccccc2)N(NC(=O)c2cccc(F)c2)C1=S. The molecule has 2 aromatic carbocycles. The van der Waals surface area contributed by atoms with Gasteiger partial charge in [-0.15, -0.1) is 0 Å². The number of amides is 3. The van der Waals surface area contributed by atoms with Crippen LogP contribution in [0, 0.1) is 5.82 Å². The third kappa shape index (κ3) is 4.57. The number of likely N-dealkylation sites (N-methyl/N-ethyl adjacent to an activating group) is 1. The highest BCUT2D eigenvalue weighted by Crippen LogP contribution is 2.20. The lowest BCUT2D eigenvalue weighted by molar-refractivity contribution is -0.130. The van der Waals surface area contributed by atoms with E-state index in [2.05, 4.69) is 10.7 Å². The highest BCUT2D eigenvalue weighted by atomic mass is 32.1. The van der Waals surface area contributed by atoms with Gasteiger partial charge in [-0.05, 0) is 49.5 Å². The van der Waals surface area contributed by atoms with Gasteiger partial charge >= 0.3 is 0 Å². The van der Waals surface area contributed by atoms with Crippen LogP contribution in [0.3, 0.4) is 0 Å². The third-order valence-electron chi connectivity index (χ3n) is 4.36. The second-order valence-electron chi connectivity index (χ2n) is 6.32. The van der Waals surface area contributed by atoms with Crippen molar-refractivity contribution in [2.45, 2.75) is 19.4 Å². The molecule has 0 unspecified atom stereocenters. The summed E-state index contributed by atoms with van der Waals surface area (Å²) in [7, 11) is 0. The van der Waals surface area contributed by atoms with Gasteiger partial charge in [0.15, 0.2) is 5.11 Å². The van der Waals surface area contributed by atoms with Crippen molar-refractivity contribution in [3.63, 3.8) is 0 Å². The zero-order valence-electron chi connectivity index (χ0n) is 15.6. The van der Waals surface area contributed by atoms with Crippen LogP contribution in [0.15, 0.2) is 54.6 Å². The predicted octanol–water partition coefficient (Wildman–Crippen LogP) is 2.32. The van der Waals surface area contributed by atoms with Gasteiger partial charge < -0.3 is 5.32 Å². The predicted molar refractivity (Wildman–Crippen MR) is 109 cm³/mol. The van der Waals surface area contributed by atoms with Gasteiger partial charge in [0.2, 0.25) is 5.91 Å². The average Bonchev–Trinajstić information content (AvgIpc) is 2.92. The van der Waals surface area contributed by atoms with E-state index in [1.807, 2.05) is 6.07 Å². The lowest BCUT2D eigenvalue weighted by Gasteiger charge is -2.24. The monoisotopic (exact) mass is 414 g/mol. The molecule has 1 heterocycles. The molecular weight excluding hydrogens is 395 g/mol. The summed E-state index contributed by atoms with van der Waals surface area (Å²) in [6.07, 6.45) is -0.214. The number of thiocarbonyl (C=S) groups is 1. The molecule has 1 fully saturated rings. The molecule has 0 bridgehead atoms. The Hall–Kier alpha value is -3.33. The van der Waals surface area contributed by atoms with Crippen molar-refractivity contribution in [1.82, 2.24) is 15.3 Å². The standard InChI is InChI=1S/C20H19FN4O3S/c1-2-24-19(28)16(12-17(26)22-15-9-4-3-5-10-15)25(20(24)29)23-18(27)13-7-6-8-14(21)11-13/h3-11,16H,2,12H2,1H3,(H,22,26)(H,23,27)/t16-/m1/s1. The molecule has 9 heteroatoms. The van der Waals surface area contributed by atoms with Gasteiger partial charge in [0.05, 0.1) is 6.42 Å². The molecule has 1 saturated heterocycles. The average molecular weight is 414 g/mol. The molecule has 2 aromatic rings. The molecule has 1 aliphatic heterocycles. The van der Waals surface area contributed by atoms with Crippen molar-refractivity contribution in [1.29, 1.82) is 0 Å².